The smallest absolute Gasteiger partial charge is 0.251 e. The lowest BCUT2D eigenvalue weighted by Gasteiger charge is -2.20. The first kappa shape index (κ1) is 22.8. The van der Waals surface area contributed by atoms with Crippen LogP contribution in [0, 0.1) is 6.92 Å². The van der Waals surface area contributed by atoms with Gasteiger partial charge >= 0.3 is 0 Å². The van der Waals surface area contributed by atoms with Crippen molar-refractivity contribution in [3.63, 3.8) is 0 Å². The molecule has 6 nitrogen and oxygen atoms in total. The van der Waals surface area contributed by atoms with Crippen LogP contribution in [0.1, 0.15) is 46.7 Å². The first-order chi connectivity index (χ1) is 17.0. The molecule has 0 radical (unpaired) electrons. The summed E-state index contributed by atoms with van der Waals surface area (Å²) in [6.07, 6.45) is 2.25. The molecule has 178 valence electrons. The molecular weight excluding hydrogens is 438 g/mol. The quantitative estimate of drug-likeness (QED) is 0.593. The number of hydrogen-bond donors (Lipinski definition) is 1. The van der Waals surface area contributed by atoms with E-state index in [4.69, 9.17) is 0 Å². The summed E-state index contributed by atoms with van der Waals surface area (Å²) in [4.78, 5) is 41.2. The molecule has 1 atom stereocenters. The van der Waals surface area contributed by atoms with Crippen LogP contribution in [-0.2, 0) is 9.59 Å². The molecule has 0 spiro atoms. The number of rotatable bonds is 5. The maximum absolute atomic E-state index is 13.5. The zero-order valence-corrected chi connectivity index (χ0v) is 20.1. The third kappa shape index (κ3) is 4.20. The lowest BCUT2D eigenvalue weighted by Crippen LogP contribution is -2.27. The molecule has 35 heavy (non-hydrogen) atoms. The van der Waals surface area contributed by atoms with Crippen molar-refractivity contribution in [2.75, 3.05) is 29.9 Å². The Kier molecular flexibility index (Phi) is 6.12. The molecule has 0 bridgehead atoms. The Hall–Kier alpha value is -3.93. The average molecular weight is 468 g/mol. The number of benzene rings is 3. The molecule has 2 aliphatic rings. The maximum Gasteiger partial charge on any atom is 0.251 e. The first-order valence-corrected chi connectivity index (χ1v) is 12.1. The summed E-state index contributed by atoms with van der Waals surface area (Å²) < 4.78 is 0. The second-order valence-corrected chi connectivity index (χ2v) is 9.18. The summed E-state index contributed by atoms with van der Waals surface area (Å²) in [5, 5.41) is 2.63. The van der Waals surface area contributed by atoms with Crippen LogP contribution in [-0.4, -0.2) is 37.9 Å². The minimum absolute atomic E-state index is 0.0576. The first-order valence-electron chi connectivity index (χ1n) is 12.1. The number of carbonyl (C=O) groups is 3. The second kappa shape index (κ2) is 9.37. The van der Waals surface area contributed by atoms with E-state index in [0.717, 1.165) is 53.0 Å². The van der Waals surface area contributed by atoms with Gasteiger partial charge in [0.1, 0.15) is 0 Å². The van der Waals surface area contributed by atoms with Gasteiger partial charge in [-0.3, -0.25) is 14.4 Å². The molecule has 2 fully saturated rings. The molecule has 2 saturated heterocycles. The summed E-state index contributed by atoms with van der Waals surface area (Å²) in [5.41, 5.74) is 6.52. The number of carbonyl (C=O) groups excluding carboxylic acids is 3. The third-order valence-electron chi connectivity index (χ3n) is 7.17. The predicted octanol–water partition coefficient (Wildman–Crippen LogP) is 4.67. The van der Waals surface area contributed by atoms with E-state index in [1.807, 2.05) is 41.3 Å². The van der Waals surface area contributed by atoms with E-state index in [2.05, 4.69) is 30.4 Å². The van der Waals surface area contributed by atoms with Gasteiger partial charge in [0.2, 0.25) is 11.8 Å². The van der Waals surface area contributed by atoms with E-state index < -0.39 is 0 Å². The fraction of sp³-hybridized carbons (Fsp3) is 0.276. The highest BCUT2D eigenvalue weighted by Gasteiger charge is 2.35. The summed E-state index contributed by atoms with van der Waals surface area (Å²) >= 11 is 0. The largest absolute Gasteiger partial charge is 0.355 e. The average Bonchev–Trinajstić information content (AvgIpc) is 3.49. The van der Waals surface area contributed by atoms with Crippen molar-refractivity contribution >= 4 is 29.1 Å². The van der Waals surface area contributed by atoms with Crippen molar-refractivity contribution in [3.8, 4) is 11.1 Å². The second-order valence-electron chi connectivity index (χ2n) is 9.18. The lowest BCUT2D eigenvalue weighted by molar-refractivity contribution is -0.118. The van der Waals surface area contributed by atoms with Crippen LogP contribution in [0.2, 0.25) is 0 Å². The van der Waals surface area contributed by atoms with Gasteiger partial charge in [-0.2, -0.15) is 0 Å². The van der Waals surface area contributed by atoms with Crippen LogP contribution in [0.5, 0.6) is 0 Å². The number of anilines is 2. The van der Waals surface area contributed by atoms with Crippen LogP contribution in [0.4, 0.5) is 11.4 Å². The molecule has 3 aromatic rings. The molecule has 3 aromatic carbocycles. The molecule has 6 heteroatoms. The Labute approximate surface area is 205 Å². The molecule has 2 aliphatic heterocycles. The molecule has 3 amide bonds. The Morgan fingerprint density at radius 1 is 0.914 bits per heavy atom. The molecule has 0 aromatic heterocycles. The van der Waals surface area contributed by atoms with Gasteiger partial charge in [0, 0.05) is 43.5 Å². The standard InChI is InChI=1S/C29H29N3O3/c1-19-24(20-11-13-22(14-12-20)31-16-5-10-27(31)33)8-4-9-25(19)26-15-17-32(29(26)35)23-7-3-6-21(18-23)28(34)30-2/h3-4,6-9,11-14,18,26H,5,10,15-17H2,1-2H3,(H,30,34). The Balaban J connectivity index is 1.40. The summed E-state index contributed by atoms with van der Waals surface area (Å²) in [7, 11) is 1.60. The Morgan fingerprint density at radius 2 is 1.69 bits per heavy atom. The van der Waals surface area contributed by atoms with E-state index in [0.29, 0.717) is 18.5 Å². The monoisotopic (exact) mass is 467 g/mol. The number of hydrogen-bond acceptors (Lipinski definition) is 3. The maximum atomic E-state index is 13.5. The van der Waals surface area contributed by atoms with Gasteiger partial charge in [0.15, 0.2) is 0 Å². The Bertz CT molecular complexity index is 1300. The minimum Gasteiger partial charge on any atom is -0.355 e. The zero-order chi connectivity index (χ0) is 24.5. The summed E-state index contributed by atoms with van der Waals surface area (Å²) in [6, 6.07) is 21.5. The van der Waals surface area contributed by atoms with Crippen molar-refractivity contribution < 1.29 is 14.4 Å². The third-order valence-corrected chi connectivity index (χ3v) is 7.17. The van der Waals surface area contributed by atoms with Gasteiger partial charge in [0.25, 0.3) is 5.91 Å². The normalized spacial score (nSPS) is 17.8. The molecule has 2 heterocycles. The fourth-order valence-electron chi connectivity index (χ4n) is 5.27. The number of nitrogens with zero attached hydrogens (tertiary/aromatic N) is 2. The van der Waals surface area contributed by atoms with Gasteiger partial charge in [-0.1, -0.05) is 36.4 Å². The van der Waals surface area contributed by atoms with E-state index in [1.165, 1.54) is 0 Å². The predicted molar refractivity (Wildman–Crippen MR) is 138 cm³/mol. The molecule has 1 N–H and O–H groups in total. The van der Waals surface area contributed by atoms with Crippen LogP contribution >= 0.6 is 0 Å². The van der Waals surface area contributed by atoms with Crippen molar-refractivity contribution in [2.45, 2.75) is 32.1 Å². The van der Waals surface area contributed by atoms with Gasteiger partial charge in [0.05, 0.1) is 5.92 Å². The Morgan fingerprint density at radius 3 is 2.40 bits per heavy atom. The van der Waals surface area contributed by atoms with Crippen molar-refractivity contribution in [2.24, 2.45) is 0 Å². The van der Waals surface area contributed by atoms with Gasteiger partial charge in [-0.05, 0) is 72.4 Å². The van der Waals surface area contributed by atoms with Crippen LogP contribution in [0.3, 0.4) is 0 Å². The van der Waals surface area contributed by atoms with Gasteiger partial charge in [-0.15, -0.1) is 0 Å². The van der Waals surface area contributed by atoms with E-state index in [1.54, 1.807) is 24.1 Å². The topological polar surface area (TPSA) is 69.7 Å². The van der Waals surface area contributed by atoms with E-state index in [-0.39, 0.29) is 23.6 Å². The van der Waals surface area contributed by atoms with Crippen LogP contribution in [0.15, 0.2) is 66.7 Å². The summed E-state index contributed by atoms with van der Waals surface area (Å²) in [6.45, 7) is 3.46. The van der Waals surface area contributed by atoms with Crippen LogP contribution < -0.4 is 15.1 Å². The van der Waals surface area contributed by atoms with Gasteiger partial charge in [-0.25, -0.2) is 0 Å². The molecular formula is C29H29N3O3. The molecule has 5 rings (SSSR count). The van der Waals surface area contributed by atoms with Crippen LogP contribution in [0.25, 0.3) is 11.1 Å². The van der Waals surface area contributed by atoms with Crippen molar-refractivity contribution in [1.29, 1.82) is 0 Å². The van der Waals surface area contributed by atoms with Gasteiger partial charge < -0.3 is 15.1 Å². The van der Waals surface area contributed by atoms with E-state index in [9.17, 15) is 14.4 Å². The highest BCUT2D eigenvalue weighted by atomic mass is 16.2. The zero-order valence-electron chi connectivity index (χ0n) is 20.1. The van der Waals surface area contributed by atoms with Crippen molar-refractivity contribution in [3.05, 3.63) is 83.4 Å². The van der Waals surface area contributed by atoms with E-state index >= 15 is 0 Å². The van der Waals surface area contributed by atoms with Crippen molar-refractivity contribution in [1.82, 2.24) is 5.32 Å². The SMILES string of the molecule is CNC(=O)c1cccc(N2CCC(c3cccc(-c4ccc(N5CCCC5=O)cc4)c3C)C2=O)c1. The fourth-order valence-corrected chi connectivity index (χ4v) is 5.27. The highest BCUT2D eigenvalue weighted by molar-refractivity contribution is 6.02. The highest BCUT2D eigenvalue weighted by Crippen LogP contribution is 2.37. The minimum atomic E-state index is -0.222. The number of nitrogens with one attached hydrogen (secondary N) is 1. The molecule has 1 unspecified atom stereocenters. The molecule has 0 aliphatic carbocycles. The summed E-state index contributed by atoms with van der Waals surface area (Å²) in [5.74, 6) is -0.151. The lowest BCUT2D eigenvalue weighted by atomic mass is 9.88. The molecule has 0 saturated carbocycles. The number of amides is 3.